The zero-order valence-corrected chi connectivity index (χ0v) is 13.0. The normalized spacial score (nSPS) is 12.6. The van der Waals surface area contributed by atoms with Gasteiger partial charge in [0.1, 0.15) is 5.75 Å². The van der Waals surface area contributed by atoms with Crippen molar-refractivity contribution in [2.45, 2.75) is 38.9 Å². The molecule has 0 heterocycles. The third-order valence-corrected chi connectivity index (χ3v) is 3.08. The van der Waals surface area contributed by atoms with E-state index in [0.717, 1.165) is 0 Å². The van der Waals surface area contributed by atoms with Crippen LogP contribution in [-0.4, -0.2) is 36.6 Å². The van der Waals surface area contributed by atoms with E-state index in [9.17, 15) is 18.0 Å². The lowest BCUT2D eigenvalue weighted by molar-refractivity contribution is -0.153. The first-order valence-corrected chi connectivity index (χ1v) is 7.23. The number of carbonyl (C=O) groups excluding carboxylic acids is 1. The zero-order chi connectivity index (χ0) is 17.5. The third kappa shape index (κ3) is 7.23. The zero-order valence-electron chi connectivity index (χ0n) is 13.0. The van der Waals surface area contributed by atoms with Crippen LogP contribution in [-0.2, 0) is 0 Å². The highest BCUT2D eigenvalue weighted by atomic mass is 19.4. The van der Waals surface area contributed by atoms with Crippen molar-refractivity contribution in [3.8, 4) is 5.75 Å². The van der Waals surface area contributed by atoms with Crippen LogP contribution in [0.4, 0.5) is 23.7 Å². The van der Waals surface area contributed by atoms with Crippen LogP contribution in [0.5, 0.6) is 5.75 Å². The lowest BCUT2D eigenvalue weighted by Gasteiger charge is -2.18. The SMILES string of the molecule is CCC(CCO)NC(=O)Nc1ccc(C)cc1OCC(F)(F)F. The number of aliphatic hydroxyl groups is 1. The summed E-state index contributed by atoms with van der Waals surface area (Å²) in [7, 11) is 0. The van der Waals surface area contributed by atoms with Crippen LogP contribution >= 0.6 is 0 Å². The maximum Gasteiger partial charge on any atom is 0.422 e. The first-order chi connectivity index (χ1) is 10.7. The fourth-order valence-electron chi connectivity index (χ4n) is 1.89. The van der Waals surface area contributed by atoms with Crippen LogP contribution in [0.3, 0.4) is 0 Å². The fourth-order valence-corrected chi connectivity index (χ4v) is 1.89. The highest BCUT2D eigenvalue weighted by Crippen LogP contribution is 2.27. The molecule has 0 radical (unpaired) electrons. The molecule has 5 nitrogen and oxygen atoms in total. The Labute approximate surface area is 132 Å². The number of rotatable bonds is 7. The van der Waals surface area contributed by atoms with Gasteiger partial charge in [-0.3, -0.25) is 0 Å². The first-order valence-electron chi connectivity index (χ1n) is 7.23. The molecule has 1 unspecified atom stereocenters. The molecule has 0 bridgehead atoms. The Balaban J connectivity index is 2.76. The van der Waals surface area contributed by atoms with Gasteiger partial charge in [-0.1, -0.05) is 13.0 Å². The number of alkyl halides is 3. The highest BCUT2D eigenvalue weighted by Gasteiger charge is 2.29. The van der Waals surface area contributed by atoms with Crippen LogP contribution in [0.25, 0.3) is 0 Å². The number of benzene rings is 1. The van der Waals surface area contributed by atoms with E-state index >= 15 is 0 Å². The van der Waals surface area contributed by atoms with Crippen LogP contribution < -0.4 is 15.4 Å². The van der Waals surface area contributed by atoms with E-state index < -0.39 is 18.8 Å². The number of anilines is 1. The second kappa shape index (κ2) is 8.61. The van der Waals surface area contributed by atoms with Crippen molar-refractivity contribution >= 4 is 11.7 Å². The quantitative estimate of drug-likeness (QED) is 0.717. The van der Waals surface area contributed by atoms with Gasteiger partial charge in [0.05, 0.1) is 5.69 Å². The summed E-state index contributed by atoms with van der Waals surface area (Å²) in [6, 6.07) is 3.78. The first kappa shape index (κ1) is 19.1. The van der Waals surface area contributed by atoms with Gasteiger partial charge in [0.15, 0.2) is 6.61 Å². The molecule has 0 saturated heterocycles. The minimum absolute atomic E-state index is 0.0484. The number of ether oxygens (including phenoxy) is 1. The van der Waals surface area contributed by atoms with E-state index in [4.69, 9.17) is 9.84 Å². The third-order valence-electron chi connectivity index (χ3n) is 3.08. The number of nitrogens with one attached hydrogen (secondary N) is 2. The molecule has 1 rings (SSSR count). The maximum absolute atomic E-state index is 12.3. The Kier molecular flexibility index (Phi) is 7.15. The Hall–Kier alpha value is -1.96. The molecule has 130 valence electrons. The Morgan fingerprint density at radius 1 is 1.39 bits per heavy atom. The van der Waals surface area contributed by atoms with Crippen LogP contribution in [0.2, 0.25) is 0 Å². The number of hydrogen-bond donors (Lipinski definition) is 3. The van der Waals surface area contributed by atoms with Crippen LogP contribution in [0, 0.1) is 6.92 Å². The van der Waals surface area contributed by atoms with Crippen molar-refractivity contribution in [2.24, 2.45) is 0 Å². The molecule has 8 heteroatoms. The van der Waals surface area contributed by atoms with Gasteiger partial charge in [-0.05, 0) is 37.5 Å². The average Bonchev–Trinajstić information content (AvgIpc) is 2.46. The van der Waals surface area contributed by atoms with E-state index in [-0.39, 0.29) is 24.1 Å². The molecule has 0 saturated carbocycles. The molecule has 0 fully saturated rings. The molecular formula is C15H21F3N2O3. The summed E-state index contributed by atoms with van der Waals surface area (Å²) < 4.78 is 41.6. The van der Waals surface area contributed by atoms with Gasteiger partial charge in [0.2, 0.25) is 0 Å². The van der Waals surface area contributed by atoms with Crippen molar-refractivity contribution in [3.63, 3.8) is 0 Å². The topological polar surface area (TPSA) is 70.6 Å². The summed E-state index contributed by atoms with van der Waals surface area (Å²) >= 11 is 0. The highest BCUT2D eigenvalue weighted by molar-refractivity contribution is 5.91. The van der Waals surface area contributed by atoms with Gasteiger partial charge in [-0.2, -0.15) is 13.2 Å². The Morgan fingerprint density at radius 3 is 2.65 bits per heavy atom. The summed E-state index contributed by atoms with van der Waals surface area (Å²) in [5.74, 6) is -0.0484. The molecule has 23 heavy (non-hydrogen) atoms. The second-order valence-corrected chi connectivity index (χ2v) is 5.12. The molecule has 1 aromatic carbocycles. The van der Waals surface area contributed by atoms with Crippen molar-refractivity contribution in [1.82, 2.24) is 5.32 Å². The maximum atomic E-state index is 12.3. The smallest absolute Gasteiger partial charge is 0.422 e. The molecule has 1 atom stereocenters. The number of hydrogen-bond acceptors (Lipinski definition) is 3. The van der Waals surface area contributed by atoms with E-state index in [0.29, 0.717) is 18.4 Å². The molecule has 3 N–H and O–H groups in total. The van der Waals surface area contributed by atoms with Gasteiger partial charge in [0.25, 0.3) is 0 Å². The summed E-state index contributed by atoms with van der Waals surface area (Å²) in [6.07, 6.45) is -3.44. The van der Waals surface area contributed by atoms with Crippen molar-refractivity contribution in [3.05, 3.63) is 23.8 Å². The van der Waals surface area contributed by atoms with Gasteiger partial charge >= 0.3 is 12.2 Å². The molecule has 0 spiro atoms. The van der Waals surface area contributed by atoms with E-state index in [1.54, 1.807) is 13.0 Å². The molecule has 2 amide bonds. The largest absolute Gasteiger partial charge is 0.482 e. The lowest BCUT2D eigenvalue weighted by Crippen LogP contribution is -2.38. The predicted octanol–water partition coefficient (Wildman–Crippen LogP) is 3.22. The number of aryl methyl sites for hydroxylation is 1. The van der Waals surface area contributed by atoms with Crippen LogP contribution in [0.1, 0.15) is 25.3 Å². The lowest BCUT2D eigenvalue weighted by atomic mass is 10.1. The monoisotopic (exact) mass is 334 g/mol. The van der Waals surface area contributed by atoms with E-state index in [1.165, 1.54) is 12.1 Å². The van der Waals surface area contributed by atoms with Gasteiger partial charge < -0.3 is 20.5 Å². The second-order valence-electron chi connectivity index (χ2n) is 5.12. The molecule has 1 aromatic rings. The molecular weight excluding hydrogens is 313 g/mol. The number of amides is 2. The minimum atomic E-state index is -4.46. The van der Waals surface area contributed by atoms with Crippen molar-refractivity contribution in [1.29, 1.82) is 0 Å². The summed E-state index contributed by atoms with van der Waals surface area (Å²) in [5, 5.41) is 14.0. The minimum Gasteiger partial charge on any atom is -0.482 e. The number of carbonyl (C=O) groups is 1. The van der Waals surface area contributed by atoms with Gasteiger partial charge in [0, 0.05) is 12.6 Å². The number of urea groups is 1. The summed E-state index contributed by atoms with van der Waals surface area (Å²) in [4.78, 5) is 11.9. The summed E-state index contributed by atoms with van der Waals surface area (Å²) in [5.41, 5.74) is 0.857. The van der Waals surface area contributed by atoms with Crippen molar-refractivity contribution in [2.75, 3.05) is 18.5 Å². The van der Waals surface area contributed by atoms with Gasteiger partial charge in [-0.15, -0.1) is 0 Å². The predicted molar refractivity (Wildman–Crippen MR) is 80.7 cm³/mol. The van der Waals surface area contributed by atoms with Crippen LogP contribution in [0.15, 0.2) is 18.2 Å². The fraction of sp³-hybridized carbons (Fsp3) is 0.533. The Bertz CT molecular complexity index is 521. The molecule has 0 aliphatic heterocycles. The standard InChI is InChI=1S/C15H21F3N2O3/c1-3-11(6-7-21)19-14(22)20-12-5-4-10(2)8-13(12)23-9-15(16,17)18/h4-5,8,11,21H,3,6-7,9H2,1-2H3,(H2,19,20,22). The molecule has 0 aliphatic carbocycles. The average molecular weight is 334 g/mol. The Morgan fingerprint density at radius 2 is 2.09 bits per heavy atom. The molecule has 0 aromatic heterocycles. The van der Waals surface area contributed by atoms with E-state index in [2.05, 4.69) is 10.6 Å². The van der Waals surface area contributed by atoms with E-state index in [1.807, 2.05) is 6.92 Å². The molecule has 0 aliphatic rings. The number of halogens is 3. The van der Waals surface area contributed by atoms with Gasteiger partial charge in [-0.25, -0.2) is 4.79 Å². The number of aliphatic hydroxyl groups excluding tert-OH is 1. The van der Waals surface area contributed by atoms with Crippen molar-refractivity contribution < 1.29 is 27.8 Å². The summed E-state index contributed by atoms with van der Waals surface area (Å²) in [6.45, 7) is 2.06.